The molecule has 0 N–H and O–H groups in total. The Hall–Kier alpha value is -1.98. The summed E-state index contributed by atoms with van der Waals surface area (Å²) in [6.45, 7) is 4.77. The Morgan fingerprint density at radius 3 is 2.71 bits per heavy atom. The molecule has 6 nitrogen and oxygen atoms in total. The SMILES string of the molecule is C[C@H]1C=CC2CC(=O)C[C@H](OC=O)[C@@H]2[C@H]1[C@@H](C)C[C@@H]1CC(CC=O)CC(=O)O1. The number of carbonyl (C=O) groups is 4. The summed E-state index contributed by atoms with van der Waals surface area (Å²) in [5.41, 5.74) is 0. The molecule has 0 aromatic carbocycles. The summed E-state index contributed by atoms with van der Waals surface area (Å²) in [7, 11) is 0. The quantitative estimate of drug-likeness (QED) is 0.377. The minimum Gasteiger partial charge on any atom is -0.464 e. The molecule has 0 aromatic rings. The fraction of sp³-hybridized carbons (Fsp3) is 0.727. The first-order valence-electron chi connectivity index (χ1n) is 10.3. The fourth-order valence-corrected chi connectivity index (χ4v) is 5.76. The molecule has 2 aliphatic carbocycles. The second kappa shape index (κ2) is 9.01. The lowest BCUT2D eigenvalue weighted by Crippen LogP contribution is -2.48. The molecule has 0 bridgehead atoms. The third kappa shape index (κ3) is 4.53. The van der Waals surface area contributed by atoms with Crippen molar-refractivity contribution in [3.8, 4) is 0 Å². The molecule has 3 rings (SSSR count). The van der Waals surface area contributed by atoms with Gasteiger partial charge in [0.25, 0.3) is 6.47 Å². The van der Waals surface area contributed by atoms with Crippen molar-refractivity contribution in [3.63, 3.8) is 0 Å². The van der Waals surface area contributed by atoms with Gasteiger partial charge in [0.15, 0.2) is 0 Å². The Kier molecular flexibility index (Phi) is 6.68. The minimum atomic E-state index is -0.389. The van der Waals surface area contributed by atoms with Crippen LogP contribution in [0.1, 0.15) is 52.4 Å². The molecule has 1 saturated carbocycles. The van der Waals surface area contributed by atoms with E-state index in [9.17, 15) is 19.2 Å². The zero-order valence-electron chi connectivity index (χ0n) is 16.6. The molecule has 3 aliphatic rings. The molecule has 0 radical (unpaired) electrons. The van der Waals surface area contributed by atoms with E-state index in [4.69, 9.17) is 9.47 Å². The van der Waals surface area contributed by atoms with Gasteiger partial charge in [-0.3, -0.25) is 14.4 Å². The molecule has 154 valence electrons. The third-order valence-corrected chi connectivity index (χ3v) is 6.83. The predicted molar refractivity (Wildman–Crippen MR) is 101 cm³/mol. The molecule has 2 unspecified atom stereocenters. The topological polar surface area (TPSA) is 86.7 Å². The van der Waals surface area contributed by atoms with E-state index in [2.05, 4.69) is 26.0 Å². The zero-order chi connectivity index (χ0) is 20.3. The van der Waals surface area contributed by atoms with Gasteiger partial charge in [0.2, 0.25) is 0 Å². The number of rotatable bonds is 7. The summed E-state index contributed by atoms with van der Waals surface area (Å²) in [5, 5.41) is 0. The maximum absolute atomic E-state index is 12.1. The zero-order valence-corrected chi connectivity index (χ0v) is 16.6. The number of ether oxygens (including phenoxy) is 2. The molecule has 8 atom stereocenters. The van der Waals surface area contributed by atoms with Crippen molar-refractivity contribution < 1.29 is 28.7 Å². The fourth-order valence-electron chi connectivity index (χ4n) is 5.76. The summed E-state index contributed by atoms with van der Waals surface area (Å²) in [6, 6.07) is 0. The normalized spacial score (nSPS) is 38.9. The molecule has 0 amide bonds. The van der Waals surface area contributed by atoms with Crippen molar-refractivity contribution in [1.82, 2.24) is 0 Å². The van der Waals surface area contributed by atoms with Gasteiger partial charge in [0, 0.05) is 31.6 Å². The molecule has 1 aliphatic heterocycles. The first-order chi connectivity index (χ1) is 13.4. The predicted octanol–water partition coefficient (Wildman–Crippen LogP) is 2.88. The molecule has 2 fully saturated rings. The Balaban J connectivity index is 1.75. The van der Waals surface area contributed by atoms with Crippen LogP contribution in [0.4, 0.5) is 0 Å². The van der Waals surface area contributed by atoms with Crippen LogP contribution in [-0.2, 0) is 28.7 Å². The van der Waals surface area contributed by atoms with E-state index in [1.165, 1.54) is 0 Å². The number of carbonyl (C=O) groups excluding carboxylic acids is 4. The van der Waals surface area contributed by atoms with E-state index in [0.717, 1.165) is 12.7 Å². The molecule has 1 saturated heterocycles. The highest BCUT2D eigenvalue weighted by atomic mass is 16.5. The van der Waals surface area contributed by atoms with Crippen LogP contribution in [0.2, 0.25) is 0 Å². The van der Waals surface area contributed by atoms with Gasteiger partial charge in [0.05, 0.1) is 0 Å². The highest BCUT2D eigenvalue weighted by molar-refractivity contribution is 5.80. The monoisotopic (exact) mass is 390 g/mol. The first kappa shape index (κ1) is 20.7. The van der Waals surface area contributed by atoms with Crippen LogP contribution in [0.3, 0.4) is 0 Å². The summed E-state index contributed by atoms with van der Waals surface area (Å²) >= 11 is 0. The van der Waals surface area contributed by atoms with Gasteiger partial charge < -0.3 is 14.3 Å². The van der Waals surface area contributed by atoms with Crippen LogP contribution in [0.5, 0.6) is 0 Å². The molecule has 0 spiro atoms. The van der Waals surface area contributed by atoms with Gasteiger partial charge in [-0.2, -0.15) is 0 Å². The van der Waals surface area contributed by atoms with E-state index in [0.29, 0.717) is 32.2 Å². The van der Waals surface area contributed by atoms with Gasteiger partial charge in [-0.15, -0.1) is 0 Å². The van der Waals surface area contributed by atoms with E-state index in [1.54, 1.807) is 0 Å². The lowest BCUT2D eigenvalue weighted by molar-refractivity contribution is -0.160. The van der Waals surface area contributed by atoms with E-state index in [1.807, 2.05) is 0 Å². The Morgan fingerprint density at radius 1 is 1.21 bits per heavy atom. The van der Waals surface area contributed by atoms with Crippen LogP contribution in [0.25, 0.3) is 0 Å². The summed E-state index contributed by atoms with van der Waals surface area (Å²) in [5.74, 6) is 0.906. The maximum Gasteiger partial charge on any atom is 0.306 e. The van der Waals surface area contributed by atoms with Crippen LogP contribution in [-0.4, -0.2) is 36.7 Å². The van der Waals surface area contributed by atoms with Crippen molar-refractivity contribution >= 4 is 24.5 Å². The average molecular weight is 390 g/mol. The molecule has 1 heterocycles. The highest BCUT2D eigenvalue weighted by Crippen LogP contribution is 2.47. The second-order valence-electron chi connectivity index (χ2n) is 8.81. The number of cyclic esters (lactones) is 1. The van der Waals surface area contributed by atoms with Crippen molar-refractivity contribution in [2.75, 3.05) is 0 Å². The number of fused-ring (bicyclic) bond motifs is 1. The lowest BCUT2D eigenvalue weighted by atomic mass is 9.59. The third-order valence-electron chi connectivity index (χ3n) is 6.83. The van der Waals surface area contributed by atoms with Crippen molar-refractivity contribution in [2.45, 2.75) is 64.6 Å². The van der Waals surface area contributed by atoms with Crippen LogP contribution in [0, 0.1) is 35.5 Å². The standard InChI is InChI=1S/C22H30O6/c1-13-3-4-16-10-17(25)11-19(27-12-24)22(16)21(13)14(2)7-18-8-15(5-6-23)9-20(26)28-18/h3-4,6,12-16,18-19,21-22H,5,7-11H2,1-2H3/t13-,14-,15?,16?,18+,19-,21+,22+/m0/s1. The Morgan fingerprint density at radius 2 is 2.00 bits per heavy atom. The first-order valence-corrected chi connectivity index (χ1v) is 10.3. The molecular weight excluding hydrogens is 360 g/mol. The lowest BCUT2D eigenvalue weighted by Gasteiger charge is -2.47. The van der Waals surface area contributed by atoms with Gasteiger partial charge in [0.1, 0.15) is 24.3 Å². The highest BCUT2D eigenvalue weighted by Gasteiger charge is 2.47. The number of Topliss-reactive ketones (excluding diaryl/α,β-unsaturated/α-hetero) is 1. The number of hydrogen-bond donors (Lipinski definition) is 0. The van der Waals surface area contributed by atoms with Crippen LogP contribution in [0.15, 0.2) is 12.2 Å². The molecule has 28 heavy (non-hydrogen) atoms. The number of allylic oxidation sites excluding steroid dienone is 2. The van der Waals surface area contributed by atoms with E-state index >= 15 is 0 Å². The maximum atomic E-state index is 12.1. The molecule has 6 heteroatoms. The second-order valence-corrected chi connectivity index (χ2v) is 8.81. The largest absolute Gasteiger partial charge is 0.464 e. The van der Waals surface area contributed by atoms with Gasteiger partial charge in [-0.1, -0.05) is 26.0 Å². The summed E-state index contributed by atoms with van der Waals surface area (Å²) in [4.78, 5) is 45.9. The Labute approximate surface area is 166 Å². The number of aldehydes is 1. The summed E-state index contributed by atoms with van der Waals surface area (Å²) in [6.07, 6.45) is 7.49. The molecular formula is C22H30O6. The van der Waals surface area contributed by atoms with Crippen LogP contribution >= 0.6 is 0 Å². The number of esters is 1. The van der Waals surface area contributed by atoms with Gasteiger partial charge in [-0.25, -0.2) is 0 Å². The average Bonchev–Trinajstić information content (AvgIpc) is 2.62. The molecule has 0 aromatic heterocycles. The van der Waals surface area contributed by atoms with Gasteiger partial charge in [-0.05, 0) is 42.4 Å². The van der Waals surface area contributed by atoms with Crippen LogP contribution < -0.4 is 0 Å². The van der Waals surface area contributed by atoms with E-state index < -0.39 is 0 Å². The minimum absolute atomic E-state index is 0.0609. The van der Waals surface area contributed by atoms with Crippen molar-refractivity contribution in [3.05, 3.63) is 12.2 Å². The van der Waals surface area contributed by atoms with Crippen molar-refractivity contribution in [1.29, 1.82) is 0 Å². The van der Waals surface area contributed by atoms with Gasteiger partial charge >= 0.3 is 5.97 Å². The summed E-state index contributed by atoms with van der Waals surface area (Å²) < 4.78 is 10.9. The van der Waals surface area contributed by atoms with E-state index in [-0.39, 0.29) is 65.9 Å². The van der Waals surface area contributed by atoms with Crippen molar-refractivity contribution in [2.24, 2.45) is 35.5 Å². The number of ketones is 1. The number of hydrogen-bond acceptors (Lipinski definition) is 6. The smallest absolute Gasteiger partial charge is 0.306 e. The Bertz CT molecular complexity index is 641.